The van der Waals surface area contributed by atoms with Crippen LogP contribution in [-0.4, -0.2) is 16.3 Å². The fourth-order valence-corrected chi connectivity index (χ4v) is 2.75. The molecule has 3 rings (SSSR count). The van der Waals surface area contributed by atoms with Crippen molar-refractivity contribution in [3.05, 3.63) is 48.3 Å². The molecule has 2 aromatic heterocycles. The van der Waals surface area contributed by atoms with Crippen LogP contribution in [0.2, 0.25) is 0 Å². The molecule has 8 heteroatoms. The van der Waals surface area contributed by atoms with E-state index < -0.39 is 6.36 Å². The van der Waals surface area contributed by atoms with Gasteiger partial charge in [-0.2, -0.15) is 0 Å². The molecule has 3 aromatic rings. The van der Waals surface area contributed by atoms with Gasteiger partial charge in [0.15, 0.2) is 5.13 Å². The van der Waals surface area contributed by atoms with E-state index in [1.54, 1.807) is 12.4 Å². The lowest BCUT2D eigenvalue weighted by atomic mass is 10.3. The summed E-state index contributed by atoms with van der Waals surface area (Å²) < 4.78 is 41.1. The molecule has 0 atom stereocenters. The van der Waals surface area contributed by atoms with Crippen molar-refractivity contribution in [1.82, 2.24) is 9.97 Å². The Morgan fingerprint density at radius 3 is 2.82 bits per heavy atom. The molecule has 4 nitrogen and oxygen atoms in total. The quantitative estimate of drug-likeness (QED) is 0.781. The molecule has 0 aliphatic heterocycles. The van der Waals surface area contributed by atoms with Crippen molar-refractivity contribution in [2.75, 3.05) is 5.32 Å². The summed E-state index contributed by atoms with van der Waals surface area (Å²) in [4.78, 5) is 8.32. The van der Waals surface area contributed by atoms with Gasteiger partial charge in [-0.25, -0.2) is 4.98 Å². The van der Waals surface area contributed by atoms with E-state index >= 15 is 0 Å². The molecular weight excluding hydrogens is 315 g/mol. The molecule has 22 heavy (non-hydrogen) atoms. The number of alkyl halides is 3. The van der Waals surface area contributed by atoms with Crippen LogP contribution in [0.3, 0.4) is 0 Å². The number of hydrogen-bond acceptors (Lipinski definition) is 5. The van der Waals surface area contributed by atoms with Crippen molar-refractivity contribution in [3.8, 4) is 5.75 Å². The molecule has 0 saturated carbocycles. The first-order valence-corrected chi connectivity index (χ1v) is 7.10. The Balaban J connectivity index is 1.75. The molecule has 0 unspecified atom stereocenters. The monoisotopic (exact) mass is 325 g/mol. The molecule has 0 spiro atoms. The summed E-state index contributed by atoms with van der Waals surface area (Å²) >= 11 is 1.27. The molecule has 1 N–H and O–H groups in total. The predicted octanol–water partition coefficient (Wildman–Crippen LogP) is 4.20. The SMILES string of the molecule is FC(F)(F)Oc1ccc2nc(NCc3cccnc3)sc2c1. The number of thiazole rings is 1. The number of rotatable bonds is 4. The molecule has 0 saturated heterocycles. The maximum Gasteiger partial charge on any atom is 0.573 e. The third-order valence-electron chi connectivity index (χ3n) is 2.76. The van der Waals surface area contributed by atoms with E-state index in [2.05, 4.69) is 20.0 Å². The van der Waals surface area contributed by atoms with Gasteiger partial charge in [-0.15, -0.1) is 13.2 Å². The van der Waals surface area contributed by atoms with Gasteiger partial charge in [-0.1, -0.05) is 17.4 Å². The van der Waals surface area contributed by atoms with Gasteiger partial charge in [0, 0.05) is 25.0 Å². The molecule has 2 heterocycles. The van der Waals surface area contributed by atoms with Gasteiger partial charge < -0.3 is 10.1 Å². The number of nitrogens with one attached hydrogen (secondary N) is 1. The summed E-state index contributed by atoms with van der Waals surface area (Å²) in [5.41, 5.74) is 1.61. The average Bonchev–Trinajstić information content (AvgIpc) is 2.86. The second-order valence-electron chi connectivity index (χ2n) is 4.41. The van der Waals surface area contributed by atoms with Crippen LogP contribution in [0.1, 0.15) is 5.56 Å². The number of halogens is 3. The lowest BCUT2D eigenvalue weighted by Gasteiger charge is -2.07. The Bertz CT molecular complexity index is 774. The van der Waals surface area contributed by atoms with Crippen LogP contribution in [-0.2, 0) is 6.54 Å². The van der Waals surface area contributed by atoms with Crippen LogP contribution in [0, 0.1) is 0 Å². The Hall–Kier alpha value is -2.35. The van der Waals surface area contributed by atoms with E-state index in [0.717, 1.165) is 5.56 Å². The zero-order valence-corrected chi connectivity index (χ0v) is 11.9. The van der Waals surface area contributed by atoms with Crippen LogP contribution >= 0.6 is 11.3 Å². The molecular formula is C14H10F3N3OS. The van der Waals surface area contributed by atoms with Gasteiger partial charge in [0.2, 0.25) is 0 Å². The number of aromatic nitrogens is 2. The Morgan fingerprint density at radius 2 is 2.09 bits per heavy atom. The number of hydrogen-bond donors (Lipinski definition) is 1. The van der Waals surface area contributed by atoms with Crippen molar-refractivity contribution in [2.24, 2.45) is 0 Å². The minimum atomic E-state index is -4.69. The first-order valence-electron chi connectivity index (χ1n) is 6.29. The summed E-state index contributed by atoms with van der Waals surface area (Å²) in [5.74, 6) is -0.248. The number of anilines is 1. The fourth-order valence-electron chi connectivity index (χ4n) is 1.86. The normalized spacial score (nSPS) is 11.6. The van der Waals surface area contributed by atoms with E-state index in [4.69, 9.17) is 0 Å². The number of benzene rings is 1. The van der Waals surface area contributed by atoms with Crippen LogP contribution in [0.25, 0.3) is 10.2 Å². The average molecular weight is 325 g/mol. The Morgan fingerprint density at radius 1 is 1.23 bits per heavy atom. The summed E-state index contributed by atoms with van der Waals surface area (Å²) in [5, 5.41) is 3.75. The largest absolute Gasteiger partial charge is 0.573 e. The van der Waals surface area contributed by atoms with E-state index in [-0.39, 0.29) is 5.75 Å². The number of fused-ring (bicyclic) bond motifs is 1. The van der Waals surface area contributed by atoms with Crippen LogP contribution in [0.5, 0.6) is 5.75 Å². The molecule has 1 aromatic carbocycles. The summed E-state index contributed by atoms with van der Waals surface area (Å²) in [6.45, 7) is 0.541. The van der Waals surface area contributed by atoms with Gasteiger partial charge in [-0.05, 0) is 23.8 Å². The van der Waals surface area contributed by atoms with E-state index in [9.17, 15) is 13.2 Å². The molecule has 0 radical (unpaired) electrons. The van der Waals surface area contributed by atoms with Crippen LogP contribution < -0.4 is 10.1 Å². The molecule has 0 aliphatic rings. The van der Waals surface area contributed by atoms with Gasteiger partial charge in [0.05, 0.1) is 10.2 Å². The molecule has 0 amide bonds. The minimum absolute atomic E-state index is 0.248. The third kappa shape index (κ3) is 3.64. The van der Waals surface area contributed by atoms with Gasteiger partial charge in [-0.3, -0.25) is 4.98 Å². The number of ether oxygens (including phenoxy) is 1. The zero-order chi connectivity index (χ0) is 15.6. The van der Waals surface area contributed by atoms with Gasteiger partial charge in [0.1, 0.15) is 5.75 Å². The topological polar surface area (TPSA) is 47.0 Å². The fraction of sp³-hybridized carbons (Fsp3) is 0.143. The van der Waals surface area contributed by atoms with Crippen LogP contribution in [0.4, 0.5) is 18.3 Å². The lowest BCUT2D eigenvalue weighted by Crippen LogP contribution is -2.16. The zero-order valence-electron chi connectivity index (χ0n) is 11.1. The lowest BCUT2D eigenvalue weighted by molar-refractivity contribution is -0.274. The first kappa shape index (κ1) is 14.6. The van der Waals surface area contributed by atoms with Crippen molar-refractivity contribution >= 4 is 26.7 Å². The van der Waals surface area contributed by atoms with E-state index in [1.165, 1.54) is 29.5 Å². The van der Waals surface area contributed by atoms with Crippen molar-refractivity contribution < 1.29 is 17.9 Å². The van der Waals surface area contributed by atoms with E-state index in [0.29, 0.717) is 21.9 Å². The summed E-state index contributed by atoms with van der Waals surface area (Å²) in [6.07, 6.45) is -1.28. The first-order chi connectivity index (χ1) is 10.5. The van der Waals surface area contributed by atoms with Crippen LogP contribution in [0.15, 0.2) is 42.7 Å². The smallest absolute Gasteiger partial charge is 0.406 e. The second kappa shape index (κ2) is 5.80. The predicted molar refractivity (Wildman–Crippen MR) is 77.9 cm³/mol. The summed E-state index contributed by atoms with van der Waals surface area (Å²) in [6, 6.07) is 7.83. The minimum Gasteiger partial charge on any atom is -0.406 e. The standard InChI is InChI=1S/C14H10F3N3OS/c15-14(16,17)21-10-3-4-11-12(6-10)22-13(20-11)19-8-9-2-1-5-18-7-9/h1-7H,8H2,(H,19,20). The maximum atomic E-state index is 12.2. The van der Waals surface area contributed by atoms with Gasteiger partial charge in [0.25, 0.3) is 0 Å². The highest BCUT2D eigenvalue weighted by atomic mass is 32.1. The Kier molecular flexibility index (Phi) is 3.84. The highest BCUT2D eigenvalue weighted by molar-refractivity contribution is 7.22. The molecule has 0 aliphatic carbocycles. The maximum absolute atomic E-state index is 12.2. The van der Waals surface area contributed by atoms with Crippen molar-refractivity contribution in [1.29, 1.82) is 0 Å². The third-order valence-corrected chi connectivity index (χ3v) is 3.74. The van der Waals surface area contributed by atoms with E-state index in [1.807, 2.05) is 12.1 Å². The highest BCUT2D eigenvalue weighted by Crippen LogP contribution is 2.31. The van der Waals surface area contributed by atoms with Crippen molar-refractivity contribution in [2.45, 2.75) is 12.9 Å². The number of nitrogens with zero attached hydrogens (tertiary/aromatic N) is 2. The summed E-state index contributed by atoms with van der Waals surface area (Å²) in [7, 11) is 0. The molecule has 0 bridgehead atoms. The molecule has 0 fully saturated rings. The van der Waals surface area contributed by atoms with Crippen molar-refractivity contribution in [3.63, 3.8) is 0 Å². The highest BCUT2D eigenvalue weighted by Gasteiger charge is 2.31. The molecule has 114 valence electrons. The number of pyridine rings is 1. The van der Waals surface area contributed by atoms with Gasteiger partial charge >= 0.3 is 6.36 Å². The second-order valence-corrected chi connectivity index (χ2v) is 5.44. The Labute approximate surface area is 127 Å².